The number of pyridine rings is 1. The predicted molar refractivity (Wildman–Crippen MR) is 150 cm³/mol. The third-order valence-corrected chi connectivity index (χ3v) is 7.07. The van der Waals surface area contributed by atoms with Crippen LogP contribution < -0.4 is 16.2 Å². The molecule has 6 rings (SSSR count). The fraction of sp³-hybridized carbons (Fsp3) is 0.233. The first-order valence-electron chi connectivity index (χ1n) is 12.7. The van der Waals surface area contributed by atoms with Crippen LogP contribution in [0.2, 0.25) is 0 Å². The largest absolute Gasteiger partial charge is 0.508 e. The Labute approximate surface area is 225 Å². The van der Waals surface area contributed by atoms with E-state index in [1.54, 1.807) is 31.4 Å². The minimum atomic E-state index is -0.771. The van der Waals surface area contributed by atoms with E-state index in [1.165, 1.54) is 11.0 Å². The number of anilines is 2. The highest BCUT2D eigenvalue weighted by atomic mass is 16.5. The Hall–Kier alpha value is -4.79. The summed E-state index contributed by atoms with van der Waals surface area (Å²) in [5, 5.41) is 17.8. The Morgan fingerprint density at radius 3 is 2.64 bits per heavy atom. The second kappa shape index (κ2) is 10.5. The van der Waals surface area contributed by atoms with Crippen LogP contribution in [-0.2, 0) is 16.1 Å². The molecular formula is C30H30N4O5. The number of carbonyl (C=O) groups excluding carboxylic acids is 2. The number of aryl methyl sites for hydroxylation is 1. The van der Waals surface area contributed by atoms with Crippen molar-refractivity contribution in [3.05, 3.63) is 99.5 Å². The average Bonchev–Trinajstić information content (AvgIpc) is 2.91. The number of aromatic nitrogens is 1. The van der Waals surface area contributed by atoms with Gasteiger partial charge in [0.15, 0.2) is 0 Å². The molecule has 39 heavy (non-hydrogen) atoms. The lowest BCUT2D eigenvalue weighted by Gasteiger charge is -2.27. The van der Waals surface area contributed by atoms with Crippen molar-refractivity contribution < 1.29 is 19.4 Å². The van der Waals surface area contributed by atoms with Crippen LogP contribution in [0.4, 0.5) is 16.2 Å². The van der Waals surface area contributed by atoms with Crippen LogP contribution in [0.15, 0.2) is 71.7 Å². The standard InChI is InChI=1S/C30H30N4O5/c1-17-12-20-5-8-24(17)18(2)16-39-30(38)33-22-7-9-26(35)21(13-22)15-34(3)29(37)27(20)32-23-6-4-19-10-11-31-28(36)25(19)14-23/h4-14,18,27,32,35H,15-16H2,1-3H3,(H,31,36)(H,33,38)/t18-,27+/m0/s1. The highest BCUT2D eigenvalue weighted by Gasteiger charge is 2.26. The molecule has 0 saturated carbocycles. The number of fused-ring (bicyclic) bond motifs is 10. The van der Waals surface area contributed by atoms with E-state index in [4.69, 9.17) is 4.74 Å². The number of H-pyrrole nitrogens is 1. The second-order valence-electron chi connectivity index (χ2n) is 9.96. The quantitative estimate of drug-likeness (QED) is 0.272. The van der Waals surface area contributed by atoms with Crippen molar-refractivity contribution in [3.8, 4) is 5.75 Å². The molecule has 0 aliphatic carbocycles. The molecule has 0 fully saturated rings. The molecule has 3 heterocycles. The van der Waals surface area contributed by atoms with Crippen LogP contribution in [0.1, 0.15) is 41.1 Å². The van der Waals surface area contributed by atoms with Crippen molar-refractivity contribution in [2.45, 2.75) is 32.4 Å². The summed E-state index contributed by atoms with van der Waals surface area (Å²) < 4.78 is 5.46. The van der Waals surface area contributed by atoms with Gasteiger partial charge in [-0.3, -0.25) is 14.9 Å². The Kier molecular flexibility index (Phi) is 6.98. The first-order chi connectivity index (χ1) is 18.7. The number of aromatic amines is 1. The summed E-state index contributed by atoms with van der Waals surface area (Å²) in [6, 6.07) is 16.9. The minimum Gasteiger partial charge on any atom is -0.508 e. The van der Waals surface area contributed by atoms with E-state index >= 15 is 0 Å². The molecule has 9 heteroatoms. The molecular weight excluding hydrogens is 496 g/mol. The number of benzene rings is 3. The molecule has 0 unspecified atom stereocenters. The fourth-order valence-corrected chi connectivity index (χ4v) is 4.95. The monoisotopic (exact) mass is 526 g/mol. The number of phenols is 1. The molecule has 2 amide bonds. The Morgan fingerprint density at radius 2 is 1.85 bits per heavy atom. The summed E-state index contributed by atoms with van der Waals surface area (Å²) in [6.07, 6.45) is 1.01. The van der Waals surface area contributed by atoms with Crippen LogP contribution in [0.5, 0.6) is 5.75 Å². The van der Waals surface area contributed by atoms with Gasteiger partial charge in [-0.1, -0.05) is 31.2 Å². The number of aromatic hydroxyl groups is 1. The number of hydrogen-bond donors (Lipinski definition) is 4. The Morgan fingerprint density at radius 1 is 1.03 bits per heavy atom. The van der Waals surface area contributed by atoms with Crippen LogP contribution in [0.25, 0.3) is 10.8 Å². The highest BCUT2D eigenvalue weighted by molar-refractivity contribution is 5.89. The lowest BCUT2D eigenvalue weighted by molar-refractivity contribution is -0.131. The maximum absolute atomic E-state index is 13.9. The number of nitrogens with one attached hydrogen (secondary N) is 3. The molecule has 4 N–H and O–H groups in total. The molecule has 2 aliphatic heterocycles. The molecule has 0 saturated heterocycles. The van der Waals surface area contributed by atoms with Crippen molar-refractivity contribution in [1.29, 1.82) is 0 Å². The Bertz CT molecular complexity index is 1630. The maximum atomic E-state index is 13.9. The third kappa shape index (κ3) is 5.43. The summed E-state index contributed by atoms with van der Waals surface area (Å²) in [4.78, 5) is 42.9. The van der Waals surface area contributed by atoms with E-state index in [0.29, 0.717) is 22.3 Å². The summed E-state index contributed by atoms with van der Waals surface area (Å²) in [6.45, 7) is 4.20. The number of phenolic OH excluding ortho intramolecular Hbond substituents is 1. The number of carbonyl (C=O) groups is 2. The molecule has 4 aromatic rings. The Balaban J connectivity index is 1.57. The molecule has 4 bridgehead atoms. The zero-order valence-corrected chi connectivity index (χ0v) is 21.9. The topological polar surface area (TPSA) is 124 Å². The highest BCUT2D eigenvalue weighted by Crippen LogP contribution is 2.30. The van der Waals surface area contributed by atoms with Gasteiger partial charge in [0.2, 0.25) is 5.91 Å². The van der Waals surface area contributed by atoms with E-state index in [2.05, 4.69) is 15.6 Å². The van der Waals surface area contributed by atoms with Gasteiger partial charge in [-0.2, -0.15) is 0 Å². The van der Waals surface area contributed by atoms with E-state index in [1.807, 2.05) is 50.2 Å². The number of rotatable bonds is 2. The molecule has 2 atom stereocenters. The van der Waals surface area contributed by atoms with Gasteiger partial charge in [0.05, 0.1) is 6.61 Å². The van der Waals surface area contributed by atoms with Gasteiger partial charge < -0.3 is 25.0 Å². The third-order valence-electron chi connectivity index (χ3n) is 7.07. The molecule has 0 radical (unpaired) electrons. The summed E-state index contributed by atoms with van der Waals surface area (Å²) >= 11 is 0. The number of ether oxygens (including phenoxy) is 1. The number of likely N-dealkylation sites (N-methyl/N-ethyl adjacent to an activating group) is 1. The van der Waals surface area contributed by atoms with Crippen molar-refractivity contribution in [3.63, 3.8) is 0 Å². The summed E-state index contributed by atoms with van der Waals surface area (Å²) in [5.74, 6) is -0.312. The molecule has 0 spiro atoms. The summed E-state index contributed by atoms with van der Waals surface area (Å²) in [5.41, 5.74) is 4.02. The number of nitrogens with zero attached hydrogens (tertiary/aromatic N) is 1. The van der Waals surface area contributed by atoms with Gasteiger partial charge in [0.25, 0.3) is 5.56 Å². The second-order valence-corrected chi connectivity index (χ2v) is 9.96. The van der Waals surface area contributed by atoms with Crippen LogP contribution in [-0.4, -0.2) is 40.6 Å². The zero-order valence-electron chi connectivity index (χ0n) is 21.9. The molecule has 2 aliphatic rings. The summed E-state index contributed by atoms with van der Waals surface area (Å²) in [7, 11) is 1.66. The molecule has 3 aromatic carbocycles. The lowest BCUT2D eigenvalue weighted by Crippen LogP contribution is -2.35. The average molecular weight is 527 g/mol. The normalized spacial score (nSPS) is 18.1. The number of amides is 2. The van der Waals surface area contributed by atoms with Crippen molar-refractivity contribution in [1.82, 2.24) is 9.88 Å². The van der Waals surface area contributed by atoms with Crippen LogP contribution in [0.3, 0.4) is 0 Å². The van der Waals surface area contributed by atoms with E-state index in [0.717, 1.165) is 22.1 Å². The predicted octanol–water partition coefficient (Wildman–Crippen LogP) is 5.02. The number of hydrogen-bond acceptors (Lipinski definition) is 6. The zero-order chi connectivity index (χ0) is 27.7. The van der Waals surface area contributed by atoms with E-state index in [9.17, 15) is 19.5 Å². The van der Waals surface area contributed by atoms with Gasteiger partial charge in [-0.25, -0.2) is 4.79 Å². The lowest BCUT2D eigenvalue weighted by atomic mass is 9.93. The van der Waals surface area contributed by atoms with Gasteiger partial charge in [0, 0.05) is 48.0 Å². The molecule has 9 nitrogen and oxygen atoms in total. The van der Waals surface area contributed by atoms with E-state index < -0.39 is 12.1 Å². The molecule has 1 aromatic heterocycles. The van der Waals surface area contributed by atoms with Crippen LogP contribution >= 0.6 is 0 Å². The van der Waals surface area contributed by atoms with Crippen molar-refractivity contribution in [2.24, 2.45) is 0 Å². The molecule has 200 valence electrons. The van der Waals surface area contributed by atoms with Gasteiger partial charge in [0.1, 0.15) is 11.8 Å². The van der Waals surface area contributed by atoms with Crippen molar-refractivity contribution >= 4 is 34.1 Å². The first-order valence-corrected chi connectivity index (χ1v) is 12.7. The van der Waals surface area contributed by atoms with Crippen LogP contribution in [0, 0.1) is 6.92 Å². The van der Waals surface area contributed by atoms with Gasteiger partial charge >= 0.3 is 6.09 Å². The van der Waals surface area contributed by atoms with Gasteiger partial charge in [-0.05, 0) is 65.4 Å². The SMILES string of the molecule is Cc1cc2ccc1[C@@H](C)COC(=O)Nc1ccc(O)c(c1)CN(C)C(=O)[C@@H]2Nc1ccc2cc[nH]c(=O)c2c1. The van der Waals surface area contributed by atoms with Gasteiger partial charge in [-0.15, -0.1) is 0 Å². The maximum Gasteiger partial charge on any atom is 0.411 e. The minimum absolute atomic E-state index is 0.00164. The van der Waals surface area contributed by atoms with Crippen molar-refractivity contribution in [2.75, 3.05) is 24.3 Å². The first kappa shape index (κ1) is 25.8. The van der Waals surface area contributed by atoms with E-state index in [-0.39, 0.29) is 36.3 Å². The fourth-order valence-electron chi connectivity index (χ4n) is 4.95. The smallest absolute Gasteiger partial charge is 0.411 e.